The molecule has 0 spiro atoms. The molecule has 0 radical (unpaired) electrons. The Kier molecular flexibility index (Phi) is 1.81. The maximum atomic E-state index is 5.09. The second-order valence-electron chi connectivity index (χ2n) is 2.61. The normalized spacial score (nSPS) is 10.3. The van der Waals surface area contributed by atoms with Gasteiger partial charge in [0.1, 0.15) is 24.7 Å². The minimum atomic E-state index is 0.798. The SMILES string of the molecule is COc1ccc2ncn(OC)c2c1. The second kappa shape index (κ2) is 2.97. The van der Waals surface area contributed by atoms with Gasteiger partial charge in [0.05, 0.1) is 12.6 Å². The molecule has 0 saturated heterocycles. The summed E-state index contributed by atoms with van der Waals surface area (Å²) in [6, 6.07) is 5.64. The van der Waals surface area contributed by atoms with Gasteiger partial charge in [-0.25, -0.2) is 4.98 Å². The molecule has 0 aliphatic rings. The molecule has 1 aromatic carbocycles. The molecule has 4 nitrogen and oxygen atoms in total. The van der Waals surface area contributed by atoms with Crippen LogP contribution in [-0.2, 0) is 0 Å². The van der Waals surface area contributed by atoms with Crippen molar-refractivity contribution in [2.24, 2.45) is 0 Å². The van der Waals surface area contributed by atoms with Gasteiger partial charge in [-0.05, 0) is 12.1 Å². The molecule has 68 valence electrons. The number of aromatic nitrogens is 2. The van der Waals surface area contributed by atoms with Gasteiger partial charge in [0.25, 0.3) is 0 Å². The van der Waals surface area contributed by atoms with Crippen LogP contribution >= 0.6 is 0 Å². The van der Waals surface area contributed by atoms with Crippen molar-refractivity contribution in [3.63, 3.8) is 0 Å². The van der Waals surface area contributed by atoms with Crippen LogP contribution in [0.15, 0.2) is 24.5 Å². The lowest BCUT2D eigenvalue weighted by Crippen LogP contribution is -2.02. The molecule has 13 heavy (non-hydrogen) atoms. The zero-order valence-corrected chi connectivity index (χ0v) is 7.52. The Hall–Kier alpha value is -1.71. The Bertz CT molecular complexity index is 422. The number of hydrogen-bond donors (Lipinski definition) is 0. The lowest BCUT2D eigenvalue weighted by atomic mass is 10.3. The number of fused-ring (bicyclic) bond motifs is 1. The molecule has 2 aromatic rings. The number of hydrogen-bond acceptors (Lipinski definition) is 3. The van der Waals surface area contributed by atoms with Crippen LogP contribution in [0.3, 0.4) is 0 Å². The summed E-state index contributed by atoms with van der Waals surface area (Å²) in [5.41, 5.74) is 1.80. The number of rotatable bonds is 2. The van der Waals surface area contributed by atoms with Gasteiger partial charge < -0.3 is 9.57 Å². The molecule has 4 heteroatoms. The predicted molar refractivity (Wildman–Crippen MR) is 48.8 cm³/mol. The van der Waals surface area contributed by atoms with Crippen molar-refractivity contribution < 1.29 is 9.57 Å². The molecule has 1 heterocycles. The Labute approximate surface area is 75.7 Å². The van der Waals surface area contributed by atoms with E-state index in [0.717, 1.165) is 16.8 Å². The lowest BCUT2D eigenvalue weighted by Gasteiger charge is -2.02. The molecular formula is C9H10N2O2. The van der Waals surface area contributed by atoms with Crippen molar-refractivity contribution in [1.29, 1.82) is 0 Å². The fraction of sp³-hybridized carbons (Fsp3) is 0.222. The van der Waals surface area contributed by atoms with Gasteiger partial charge in [-0.2, -0.15) is 4.73 Å². The molecule has 2 rings (SSSR count). The van der Waals surface area contributed by atoms with Gasteiger partial charge >= 0.3 is 0 Å². The van der Waals surface area contributed by atoms with Crippen LogP contribution in [0.1, 0.15) is 0 Å². The van der Waals surface area contributed by atoms with Crippen molar-refractivity contribution in [3.8, 4) is 5.75 Å². The minimum Gasteiger partial charge on any atom is -0.497 e. The molecule has 0 atom stereocenters. The highest BCUT2D eigenvalue weighted by molar-refractivity contribution is 5.76. The maximum Gasteiger partial charge on any atom is 0.133 e. The summed E-state index contributed by atoms with van der Waals surface area (Å²) < 4.78 is 6.69. The van der Waals surface area contributed by atoms with Gasteiger partial charge in [0.2, 0.25) is 0 Å². The summed E-state index contributed by atoms with van der Waals surface area (Å²) in [6.07, 6.45) is 1.63. The minimum absolute atomic E-state index is 0.798. The molecule has 0 fully saturated rings. The Morgan fingerprint density at radius 2 is 2.15 bits per heavy atom. The van der Waals surface area contributed by atoms with E-state index in [4.69, 9.17) is 9.57 Å². The molecule has 0 aliphatic carbocycles. The highest BCUT2D eigenvalue weighted by Crippen LogP contribution is 2.18. The third-order valence-electron chi connectivity index (χ3n) is 1.92. The quantitative estimate of drug-likeness (QED) is 0.691. The van der Waals surface area contributed by atoms with Crippen molar-refractivity contribution in [3.05, 3.63) is 24.5 Å². The zero-order chi connectivity index (χ0) is 9.26. The average molecular weight is 178 g/mol. The maximum absolute atomic E-state index is 5.09. The van der Waals surface area contributed by atoms with Gasteiger partial charge in [-0.3, -0.25) is 0 Å². The first kappa shape index (κ1) is 7.91. The number of imidazole rings is 1. The van der Waals surface area contributed by atoms with Crippen LogP contribution in [0.25, 0.3) is 11.0 Å². The third kappa shape index (κ3) is 1.20. The van der Waals surface area contributed by atoms with Crippen LogP contribution in [0, 0.1) is 0 Å². The molecule has 0 unspecified atom stereocenters. The predicted octanol–water partition coefficient (Wildman–Crippen LogP) is 1.10. The fourth-order valence-corrected chi connectivity index (χ4v) is 1.24. The monoisotopic (exact) mass is 178 g/mol. The van der Waals surface area contributed by atoms with Gasteiger partial charge in [0, 0.05) is 6.07 Å². The summed E-state index contributed by atoms with van der Waals surface area (Å²) in [4.78, 5) is 9.21. The van der Waals surface area contributed by atoms with Crippen molar-refractivity contribution in [2.75, 3.05) is 14.2 Å². The first-order valence-corrected chi connectivity index (χ1v) is 3.90. The Morgan fingerprint density at radius 3 is 2.85 bits per heavy atom. The molecular weight excluding hydrogens is 168 g/mol. The number of methoxy groups -OCH3 is 1. The first-order valence-electron chi connectivity index (χ1n) is 3.90. The van der Waals surface area contributed by atoms with Crippen LogP contribution in [0.2, 0.25) is 0 Å². The molecule has 0 N–H and O–H groups in total. The lowest BCUT2D eigenvalue weighted by molar-refractivity contribution is 0.177. The van der Waals surface area contributed by atoms with E-state index in [-0.39, 0.29) is 0 Å². The summed E-state index contributed by atoms with van der Waals surface area (Å²) in [6.45, 7) is 0. The highest BCUT2D eigenvalue weighted by Gasteiger charge is 2.02. The van der Waals surface area contributed by atoms with Crippen molar-refractivity contribution in [1.82, 2.24) is 9.71 Å². The first-order chi connectivity index (χ1) is 6.35. The standard InChI is InChI=1S/C9H10N2O2/c1-12-7-3-4-8-9(5-7)11(13-2)6-10-8/h3-6H,1-2H3. The van der Waals surface area contributed by atoms with E-state index < -0.39 is 0 Å². The fourth-order valence-electron chi connectivity index (χ4n) is 1.24. The van der Waals surface area contributed by atoms with E-state index in [1.165, 1.54) is 0 Å². The van der Waals surface area contributed by atoms with Gasteiger partial charge in [0.15, 0.2) is 0 Å². The molecule has 0 aliphatic heterocycles. The zero-order valence-electron chi connectivity index (χ0n) is 7.52. The van der Waals surface area contributed by atoms with E-state index in [0.29, 0.717) is 0 Å². The molecule has 0 bridgehead atoms. The molecule has 1 aromatic heterocycles. The van der Waals surface area contributed by atoms with E-state index in [2.05, 4.69) is 4.98 Å². The molecule has 0 saturated carbocycles. The average Bonchev–Trinajstić information content (AvgIpc) is 2.59. The topological polar surface area (TPSA) is 36.3 Å². The summed E-state index contributed by atoms with van der Waals surface area (Å²) in [5.74, 6) is 0.798. The largest absolute Gasteiger partial charge is 0.497 e. The Morgan fingerprint density at radius 1 is 1.31 bits per heavy atom. The van der Waals surface area contributed by atoms with Crippen molar-refractivity contribution in [2.45, 2.75) is 0 Å². The van der Waals surface area contributed by atoms with Crippen LogP contribution in [0.4, 0.5) is 0 Å². The number of benzene rings is 1. The number of ether oxygens (including phenoxy) is 1. The van der Waals surface area contributed by atoms with Crippen LogP contribution < -0.4 is 9.57 Å². The summed E-state index contributed by atoms with van der Waals surface area (Å²) >= 11 is 0. The summed E-state index contributed by atoms with van der Waals surface area (Å²) in [7, 11) is 3.23. The highest BCUT2D eigenvalue weighted by atomic mass is 16.6. The van der Waals surface area contributed by atoms with Crippen LogP contribution in [-0.4, -0.2) is 23.9 Å². The van der Waals surface area contributed by atoms with E-state index in [1.807, 2.05) is 18.2 Å². The summed E-state index contributed by atoms with van der Waals surface area (Å²) in [5, 5.41) is 0. The number of nitrogens with zero attached hydrogens (tertiary/aromatic N) is 2. The van der Waals surface area contributed by atoms with E-state index in [9.17, 15) is 0 Å². The molecule has 0 amide bonds. The van der Waals surface area contributed by atoms with Crippen molar-refractivity contribution >= 4 is 11.0 Å². The van der Waals surface area contributed by atoms with Crippen LogP contribution in [0.5, 0.6) is 5.75 Å². The van der Waals surface area contributed by atoms with Gasteiger partial charge in [-0.1, -0.05) is 0 Å². The van der Waals surface area contributed by atoms with E-state index in [1.54, 1.807) is 25.3 Å². The third-order valence-corrected chi connectivity index (χ3v) is 1.92. The Balaban J connectivity index is 2.64. The van der Waals surface area contributed by atoms with E-state index >= 15 is 0 Å². The smallest absolute Gasteiger partial charge is 0.133 e. The second-order valence-corrected chi connectivity index (χ2v) is 2.61. The van der Waals surface area contributed by atoms with Gasteiger partial charge in [-0.15, -0.1) is 0 Å².